The van der Waals surface area contributed by atoms with Gasteiger partial charge in [0.15, 0.2) is 11.5 Å². The van der Waals surface area contributed by atoms with Crippen LogP contribution in [0.2, 0.25) is 0 Å². The maximum atomic E-state index is 11.7. The Morgan fingerprint density at radius 3 is 2.44 bits per heavy atom. The molecule has 18 heavy (non-hydrogen) atoms. The van der Waals surface area contributed by atoms with E-state index in [0.29, 0.717) is 25.7 Å². The minimum Gasteiger partial charge on any atom is -0.476 e. The molecule has 0 aromatic carbocycles. The van der Waals surface area contributed by atoms with E-state index < -0.39 is 5.97 Å². The van der Waals surface area contributed by atoms with Crippen molar-refractivity contribution in [2.45, 2.75) is 32.2 Å². The van der Waals surface area contributed by atoms with Crippen LogP contribution in [0.25, 0.3) is 0 Å². The molecule has 1 N–H and O–H groups in total. The van der Waals surface area contributed by atoms with Crippen molar-refractivity contribution < 1.29 is 24.0 Å². The molecular formula is C11H12N2O5. The highest BCUT2D eigenvalue weighted by molar-refractivity contribution is 5.95. The molecule has 7 heteroatoms. The van der Waals surface area contributed by atoms with Crippen molar-refractivity contribution in [3.8, 4) is 0 Å². The molecule has 1 aliphatic heterocycles. The van der Waals surface area contributed by atoms with Crippen LogP contribution in [-0.4, -0.2) is 32.9 Å². The van der Waals surface area contributed by atoms with E-state index in [0.717, 1.165) is 4.90 Å². The van der Waals surface area contributed by atoms with Crippen LogP contribution in [0.1, 0.15) is 41.9 Å². The second-order valence-electron chi connectivity index (χ2n) is 4.06. The van der Waals surface area contributed by atoms with Gasteiger partial charge in [0.2, 0.25) is 11.8 Å². The highest BCUT2D eigenvalue weighted by Gasteiger charge is 2.25. The summed E-state index contributed by atoms with van der Waals surface area (Å²) in [6.07, 6.45) is 2.03. The molecule has 0 bridgehead atoms. The molecular weight excluding hydrogens is 240 g/mol. The number of hydrogen-bond acceptors (Lipinski definition) is 5. The number of hydrogen-bond donors (Lipinski definition) is 1. The molecule has 1 aliphatic rings. The SMILES string of the molecule is O=C(O)c1cc(CN2C(=O)CCCCC2=O)on1. The van der Waals surface area contributed by atoms with Gasteiger partial charge in [-0.15, -0.1) is 0 Å². The van der Waals surface area contributed by atoms with E-state index in [4.69, 9.17) is 9.63 Å². The van der Waals surface area contributed by atoms with Crippen LogP contribution in [0.3, 0.4) is 0 Å². The van der Waals surface area contributed by atoms with Gasteiger partial charge in [-0.1, -0.05) is 5.16 Å². The first-order valence-electron chi connectivity index (χ1n) is 5.60. The summed E-state index contributed by atoms with van der Waals surface area (Å²) in [5.74, 6) is -1.54. The maximum absolute atomic E-state index is 11.7. The fourth-order valence-corrected chi connectivity index (χ4v) is 1.78. The molecule has 2 amide bonds. The Hall–Kier alpha value is -2.18. The first-order valence-corrected chi connectivity index (χ1v) is 5.60. The number of carbonyl (C=O) groups excluding carboxylic acids is 2. The summed E-state index contributed by atoms with van der Waals surface area (Å²) < 4.78 is 4.79. The van der Waals surface area contributed by atoms with Crippen molar-refractivity contribution in [1.82, 2.24) is 10.1 Å². The van der Waals surface area contributed by atoms with E-state index in [1.54, 1.807) is 0 Å². The molecule has 2 rings (SSSR count). The van der Waals surface area contributed by atoms with Gasteiger partial charge in [-0.25, -0.2) is 4.79 Å². The van der Waals surface area contributed by atoms with Crippen molar-refractivity contribution in [3.05, 3.63) is 17.5 Å². The second-order valence-corrected chi connectivity index (χ2v) is 4.06. The van der Waals surface area contributed by atoms with Gasteiger partial charge in [0.25, 0.3) is 0 Å². The summed E-state index contributed by atoms with van der Waals surface area (Å²) in [4.78, 5) is 35.1. The number of aromatic carboxylic acids is 1. The molecule has 96 valence electrons. The minimum absolute atomic E-state index is 0.0576. The molecule has 0 atom stereocenters. The Balaban J connectivity index is 2.12. The van der Waals surface area contributed by atoms with Crippen LogP contribution in [0.4, 0.5) is 0 Å². The lowest BCUT2D eigenvalue weighted by Crippen LogP contribution is -2.34. The molecule has 2 heterocycles. The van der Waals surface area contributed by atoms with Crippen LogP contribution >= 0.6 is 0 Å². The van der Waals surface area contributed by atoms with Crippen molar-refractivity contribution in [2.75, 3.05) is 0 Å². The third-order valence-corrected chi connectivity index (χ3v) is 2.73. The van der Waals surface area contributed by atoms with Crippen molar-refractivity contribution >= 4 is 17.8 Å². The highest BCUT2D eigenvalue weighted by Crippen LogP contribution is 2.16. The molecule has 0 radical (unpaired) electrons. The number of likely N-dealkylation sites (tertiary alicyclic amines) is 1. The van der Waals surface area contributed by atoms with Gasteiger partial charge in [-0.3, -0.25) is 14.5 Å². The largest absolute Gasteiger partial charge is 0.476 e. The average molecular weight is 252 g/mol. The zero-order valence-corrected chi connectivity index (χ0v) is 9.59. The van der Waals surface area contributed by atoms with Gasteiger partial charge in [-0.2, -0.15) is 0 Å². The van der Waals surface area contributed by atoms with E-state index in [1.807, 2.05) is 0 Å². The fourth-order valence-electron chi connectivity index (χ4n) is 1.78. The lowest BCUT2D eigenvalue weighted by atomic mass is 10.2. The van der Waals surface area contributed by atoms with Gasteiger partial charge in [0.1, 0.15) is 0 Å². The molecule has 1 saturated heterocycles. The summed E-state index contributed by atoms with van der Waals surface area (Å²) in [6.45, 7) is -0.0576. The van der Waals surface area contributed by atoms with Crippen LogP contribution in [0.5, 0.6) is 0 Å². The normalized spacial score (nSPS) is 16.8. The average Bonchev–Trinajstić information content (AvgIpc) is 2.73. The van der Waals surface area contributed by atoms with Crippen LogP contribution in [-0.2, 0) is 16.1 Å². The Kier molecular flexibility index (Phi) is 3.40. The Morgan fingerprint density at radius 2 is 1.94 bits per heavy atom. The number of nitrogens with zero attached hydrogens (tertiary/aromatic N) is 2. The first kappa shape index (κ1) is 12.3. The number of carboxylic acid groups (broad SMARTS) is 1. The van der Waals surface area contributed by atoms with Crippen molar-refractivity contribution in [1.29, 1.82) is 0 Å². The lowest BCUT2D eigenvalue weighted by molar-refractivity contribution is -0.144. The Labute approximate surface area is 102 Å². The van der Waals surface area contributed by atoms with Crippen LogP contribution in [0, 0.1) is 0 Å². The molecule has 0 spiro atoms. The summed E-state index contributed by atoms with van der Waals surface area (Å²) >= 11 is 0. The predicted octanol–water partition coefficient (Wildman–Crippen LogP) is 0.802. The van der Waals surface area contributed by atoms with Crippen molar-refractivity contribution in [3.63, 3.8) is 0 Å². The number of rotatable bonds is 3. The van der Waals surface area contributed by atoms with Crippen LogP contribution in [0.15, 0.2) is 10.6 Å². The predicted molar refractivity (Wildman–Crippen MR) is 57.5 cm³/mol. The molecule has 0 saturated carbocycles. The van der Waals surface area contributed by atoms with E-state index >= 15 is 0 Å². The summed E-state index contributed by atoms with van der Waals surface area (Å²) in [6, 6.07) is 1.22. The van der Waals surface area contributed by atoms with E-state index in [9.17, 15) is 14.4 Å². The number of carboxylic acids is 1. The van der Waals surface area contributed by atoms with Gasteiger partial charge in [0, 0.05) is 18.9 Å². The third kappa shape index (κ3) is 2.55. The standard InChI is InChI=1S/C11H12N2O5/c14-9-3-1-2-4-10(15)13(9)6-7-5-8(11(16)17)12-18-7/h5H,1-4,6H2,(H,16,17). The maximum Gasteiger partial charge on any atom is 0.358 e. The third-order valence-electron chi connectivity index (χ3n) is 2.73. The molecule has 1 aromatic rings. The first-order chi connectivity index (χ1) is 8.58. The smallest absolute Gasteiger partial charge is 0.358 e. The zero-order chi connectivity index (χ0) is 13.1. The summed E-state index contributed by atoms with van der Waals surface area (Å²) in [5, 5.41) is 12.0. The minimum atomic E-state index is -1.21. The highest BCUT2D eigenvalue weighted by atomic mass is 16.5. The zero-order valence-electron chi connectivity index (χ0n) is 9.59. The summed E-state index contributed by atoms with van der Waals surface area (Å²) in [5.41, 5.74) is -0.236. The molecule has 0 unspecified atom stereocenters. The second kappa shape index (κ2) is 4.99. The number of carbonyl (C=O) groups is 3. The van der Waals surface area contributed by atoms with Gasteiger partial charge >= 0.3 is 5.97 Å². The molecule has 1 fully saturated rings. The van der Waals surface area contributed by atoms with E-state index in [-0.39, 0.29) is 29.8 Å². The Morgan fingerprint density at radius 1 is 1.33 bits per heavy atom. The molecule has 7 nitrogen and oxygen atoms in total. The van der Waals surface area contributed by atoms with Gasteiger partial charge in [-0.05, 0) is 12.8 Å². The number of amides is 2. The van der Waals surface area contributed by atoms with Gasteiger partial charge in [0.05, 0.1) is 6.54 Å². The topological polar surface area (TPSA) is 101 Å². The van der Waals surface area contributed by atoms with E-state index in [1.165, 1.54) is 6.07 Å². The fraction of sp³-hybridized carbons (Fsp3) is 0.455. The van der Waals surface area contributed by atoms with Crippen molar-refractivity contribution in [2.24, 2.45) is 0 Å². The lowest BCUT2D eigenvalue weighted by Gasteiger charge is -2.16. The van der Waals surface area contributed by atoms with Crippen LogP contribution < -0.4 is 0 Å². The van der Waals surface area contributed by atoms with Gasteiger partial charge < -0.3 is 9.63 Å². The number of aromatic nitrogens is 1. The number of imide groups is 1. The molecule has 0 aliphatic carbocycles. The Bertz CT molecular complexity index is 475. The summed E-state index contributed by atoms with van der Waals surface area (Å²) in [7, 11) is 0. The quantitative estimate of drug-likeness (QED) is 0.798. The molecule has 1 aromatic heterocycles. The van der Waals surface area contributed by atoms with E-state index in [2.05, 4.69) is 5.16 Å². The monoisotopic (exact) mass is 252 g/mol.